The molecular formula is C17H14ClF3N2O3S. The first-order chi connectivity index (χ1) is 12.6. The Labute approximate surface area is 158 Å². The standard InChI is InChI=1S/C17H14ClF3N2O3S/c18-12-7-13(9-22-8-12)23-16(24)10-4-15(5-10)27(25,26)14-3-1-2-11(6-14)17(19,20)21/h1-3,6-10,15H,4-5H2,(H,23,24). The molecule has 144 valence electrons. The molecule has 0 bridgehead atoms. The molecule has 1 saturated carbocycles. The largest absolute Gasteiger partial charge is 0.416 e. The zero-order valence-corrected chi connectivity index (χ0v) is 15.3. The number of carbonyl (C=O) groups is 1. The Bertz CT molecular complexity index is 973. The quantitative estimate of drug-likeness (QED) is 0.815. The minimum atomic E-state index is -4.63. The number of benzene rings is 1. The number of rotatable bonds is 4. The van der Waals surface area contributed by atoms with Gasteiger partial charge in [-0.15, -0.1) is 0 Å². The highest BCUT2D eigenvalue weighted by Gasteiger charge is 2.43. The van der Waals surface area contributed by atoms with Crippen LogP contribution in [0.15, 0.2) is 47.6 Å². The summed E-state index contributed by atoms with van der Waals surface area (Å²) >= 11 is 5.78. The smallest absolute Gasteiger partial charge is 0.324 e. The van der Waals surface area contributed by atoms with E-state index in [1.807, 2.05) is 0 Å². The van der Waals surface area contributed by atoms with Crippen LogP contribution in [0.4, 0.5) is 18.9 Å². The number of halogens is 4. The van der Waals surface area contributed by atoms with Gasteiger partial charge in [0, 0.05) is 12.1 Å². The maximum atomic E-state index is 12.8. The molecule has 0 aliphatic heterocycles. The van der Waals surface area contributed by atoms with E-state index in [2.05, 4.69) is 10.3 Å². The second-order valence-electron chi connectivity index (χ2n) is 6.24. The van der Waals surface area contributed by atoms with E-state index in [1.54, 1.807) is 0 Å². The Balaban J connectivity index is 1.67. The lowest BCUT2D eigenvalue weighted by molar-refractivity contribution is -0.137. The summed E-state index contributed by atoms with van der Waals surface area (Å²) in [4.78, 5) is 15.6. The number of carbonyl (C=O) groups excluding carboxylic acids is 1. The van der Waals surface area contributed by atoms with Crippen LogP contribution in [-0.4, -0.2) is 24.6 Å². The molecule has 5 nitrogen and oxygen atoms in total. The van der Waals surface area contributed by atoms with Crippen molar-refractivity contribution in [3.63, 3.8) is 0 Å². The third-order valence-electron chi connectivity index (χ3n) is 4.37. The summed E-state index contributed by atoms with van der Waals surface area (Å²) < 4.78 is 63.5. The van der Waals surface area contributed by atoms with Crippen LogP contribution in [0.5, 0.6) is 0 Å². The summed E-state index contributed by atoms with van der Waals surface area (Å²) in [6.07, 6.45) is -1.74. The van der Waals surface area contributed by atoms with Crippen LogP contribution in [0.2, 0.25) is 5.02 Å². The molecule has 0 atom stereocenters. The van der Waals surface area contributed by atoms with Crippen molar-refractivity contribution in [3.8, 4) is 0 Å². The maximum Gasteiger partial charge on any atom is 0.416 e. The minimum absolute atomic E-state index is 0.0401. The first kappa shape index (κ1) is 19.6. The van der Waals surface area contributed by atoms with Crippen LogP contribution >= 0.6 is 11.6 Å². The van der Waals surface area contributed by atoms with Gasteiger partial charge in [-0.1, -0.05) is 17.7 Å². The van der Waals surface area contributed by atoms with Crippen molar-refractivity contribution in [1.29, 1.82) is 0 Å². The fourth-order valence-corrected chi connectivity index (χ4v) is 4.89. The first-order valence-electron chi connectivity index (χ1n) is 7.90. The van der Waals surface area contributed by atoms with Crippen molar-refractivity contribution in [1.82, 2.24) is 4.98 Å². The van der Waals surface area contributed by atoms with E-state index in [0.29, 0.717) is 16.8 Å². The lowest BCUT2D eigenvalue weighted by atomic mass is 9.84. The van der Waals surface area contributed by atoms with Gasteiger partial charge in [0.2, 0.25) is 5.91 Å². The van der Waals surface area contributed by atoms with E-state index in [1.165, 1.54) is 18.5 Å². The molecule has 0 saturated heterocycles. The van der Waals surface area contributed by atoms with Gasteiger partial charge in [0.1, 0.15) is 0 Å². The van der Waals surface area contributed by atoms with Crippen molar-refractivity contribution >= 4 is 33.0 Å². The molecule has 1 aliphatic carbocycles. The molecule has 2 aromatic rings. The van der Waals surface area contributed by atoms with Gasteiger partial charge in [-0.3, -0.25) is 9.78 Å². The molecule has 0 spiro atoms. The second kappa shape index (κ2) is 7.12. The first-order valence-corrected chi connectivity index (χ1v) is 9.82. The molecule has 0 unspecified atom stereocenters. The topological polar surface area (TPSA) is 76.1 Å². The predicted molar refractivity (Wildman–Crippen MR) is 93.0 cm³/mol. The van der Waals surface area contributed by atoms with Gasteiger partial charge in [0.15, 0.2) is 9.84 Å². The van der Waals surface area contributed by atoms with Crippen LogP contribution in [0.3, 0.4) is 0 Å². The van der Waals surface area contributed by atoms with E-state index in [9.17, 15) is 26.4 Å². The average molecular weight is 419 g/mol. The fourth-order valence-electron chi connectivity index (χ4n) is 2.80. The molecule has 1 amide bonds. The highest BCUT2D eigenvalue weighted by molar-refractivity contribution is 7.92. The van der Waals surface area contributed by atoms with Gasteiger partial charge in [-0.05, 0) is 37.1 Å². The molecule has 0 radical (unpaired) electrons. The number of hydrogen-bond acceptors (Lipinski definition) is 4. The van der Waals surface area contributed by atoms with Crippen LogP contribution in [0.1, 0.15) is 18.4 Å². The number of anilines is 1. The monoisotopic (exact) mass is 418 g/mol. The van der Waals surface area contributed by atoms with Crippen molar-refractivity contribution in [3.05, 3.63) is 53.3 Å². The molecule has 3 rings (SSSR count). The number of nitrogens with one attached hydrogen (secondary N) is 1. The second-order valence-corrected chi connectivity index (χ2v) is 8.91. The molecule has 10 heteroatoms. The van der Waals surface area contributed by atoms with E-state index in [4.69, 9.17) is 11.6 Å². The zero-order chi connectivity index (χ0) is 19.8. The molecule has 1 heterocycles. The summed E-state index contributed by atoms with van der Waals surface area (Å²) in [7, 11) is -3.94. The summed E-state index contributed by atoms with van der Waals surface area (Å²) in [5.74, 6) is -0.927. The SMILES string of the molecule is O=C(Nc1cncc(Cl)c1)C1CC(S(=O)(=O)c2cccc(C(F)(F)F)c2)C1. The van der Waals surface area contributed by atoms with Gasteiger partial charge in [-0.25, -0.2) is 8.42 Å². The number of nitrogens with zero attached hydrogens (tertiary/aromatic N) is 1. The summed E-state index contributed by atoms with van der Waals surface area (Å²) in [6, 6.07) is 5.14. The van der Waals surface area contributed by atoms with E-state index in [0.717, 1.165) is 18.2 Å². The number of hydrogen-bond donors (Lipinski definition) is 1. The molecule has 27 heavy (non-hydrogen) atoms. The van der Waals surface area contributed by atoms with Crippen LogP contribution in [0.25, 0.3) is 0 Å². The summed E-state index contributed by atoms with van der Waals surface area (Å²) in [6.45, 7) is 0. The maximum absolute atomic E-state index is 12.8. The van der Waals surface area contributed by atoms with E-state index >= 15 is 0 Å². The van der Waals surface area contributed by atoms with Gasteiger partial charge < -0.3 is 5.32 Å². The molecule has 1 N–H and O–H groups in total. The number of pyridine rings is 1. The van der Waals surface area contributed by atoms with Gasteiger partial charge in [0.25, 0.3) is 0 Å². The Morgan fingerprint density at radius 2 is 1.89 bits per heavy atom. The highest BCUT2D eigenvalue weighted by atomic mass is 35.5. The van der Waals surface area contributed by atoms with Crippen molar-refractivity contribution < 1.29 is 26.4 Å². The number of sulfone groups is 1. The number of alkyl halides is 3. The minimum Gasteiger partial charge on any atom is -0.324 e. The fraction of sp³-hybridized carbons (Fsp3) is 0.294. The predicted octanol–water partition coefficient (Wildman–Crippen LogP) is 3.94. The average Bonchev–Trinajstić information content (AvgIpc) is 2.52. The zero-order valence-electron chi connectivity index (χ0n) is 13.7. The van der Waals surface area contributed by atoms with Gasteiger partial charge >= 0.3 is 6.18 Å². The van der Waals surface area contributed by atoms with Gasteiger partial charge in [-0.2, -0.15) is 13.2 Å². The van der Waals surface area contributed by atoms with Gasteiger partial charge in [0.05, 0.1) is 32.6 Å². The molecule has 1 fully saturated rings. The number of aromatic nitrogens is 1. The van der Waals surface area contributed by atoms with E-state index in [-0.39, 0.29) is 23.6 Å². The molecular weight excluding hydrogens is 405 g/mol. The molecule has 1 aromatic heterocycles. The van der Waals surface area contributed by atoms with Crippen molar-refractivity contribution in [2.45, 2.75) is 29.2 Å². The van der Waals surface area contributed by atoms with Crippen molar-refractivity contribution in [2.24, 2.45) is 5.92 Å². The lowest BCUT2D eigenvalue weighted by Crippen LogP contribution is -2.42. The third kappa shape index (κ3) is 4.24. The normalized spacial score (nSPS) is 20.0. The van der Waals surface area contributed by atoms with Crippen LogP contribution in [-0.2, 0) is 20.8 Å². The summed E-state index contributed by atoms with van der Waals surface area (Å²) in [5, 5.41) is 2.04. The van der Waals surface area contributed by atoms with Crippen LogP contribution < -0.4 is 5.32 Å². The Morgan fingerprint density at radius 3 is 2.52 bits per heavy atom. The third-order valence-corrected chi connectivity index (χ3v) is 6.75. The molecule has 1 aliphatic rings. The lowest BCUT2D eigenvalue weighted by Gasteiger charge is -2.33. The van der Waals surface area contributed by atoms with Crippen LogP contribution in [0, 0.1) is 5.92 Å². The highest BCUT2D eigenvalue weighted by Crippen LogP contribution is 2.38. The number of amides is 1. The van der Waals surface area contributed by atoms with E-state index < -0.39 is 32.7 Å². The Morgan fingerprint density at radius 1 is 1.19 bits per heavy atom. The summed E-state index contributed by atoms with van der Waals surface area (Å²) in [5.41, 5.74) is -0.637. The Hall–Kier alpha value is -2.13. The molecule has 1 aromatic carbocycles. The Kier molecular flexibility index (Phi) is 5.18. The van der Waals surface area contributed by atoms with Crippen molar-refractivity contribution in [2.75, 3.05) is 5.32 Å².